The lowest BCUT2D eigenvalue weighted by Crippen LogP contribution is -2.48. The van der Waals surface area contributed by atoms with E-state index in [0.29, 0.717) is 12.0 Å². The predicted octanol–water partition coefficient (Wildman–Crippen LogP) is 3.99. The SMILES string of the molecule is CCCCC[C@H]1OCC(C)(C)[C@@H](C(C)C)O1. The standard InChI is InChI=1S/C14H28O2/c1-6-7-8-9-12-15-10-14(4,5)13(16-12)11(2)3/h11-13H,6-10H2,1-5H3/t12-,13+/m0/s1. The van der Waals surface area contributed by atoms with Gasteiger partial charge in [-0.1, -0.05) is 47.5 Å². The van der Waals surface area contributed by atoms with Gasteiger partial charge >= 0.3 is 0 Å². The Hall–Kier alpha value is -0.0800. The minimum atomic E-state index is 0.0342. The van der Waals surface area contributed by atoms with Crippen molar-refractivity contribution < 1.29 is 9.47 Å². The maximum atomic E-state index is 6.09. The molecule has 16 heavy (non-hydrogen) atoms. The molecule has 1 fully saturated rings. The van der Waals surface area contributed by atoms with Crippen molar-refractivity contribution in [2.45, 2.75) is 72.7 Å². The van der Waals surface area contributed by atoms with E-state index < -0.39 is 0 Å². The van der Waals surface area contributed by atoms with E-state index in [1.165, 1.54) is 19.3 Å². The summed E-state index contributed by atoms with van der Waals surface area (Å²) in [6, 6.07) is 0. The molecule has 0 amide bonds. The lowest BCUT2D eigenvalue weighted by Gasteiger charge is -2.44. The summed E-state index contributed by atoms with van der Waals surface area (Å²) in [6.45, 7) is 12.0. The third-order valence-corrected chi connectivity index (χ3v) is 3.36. The smallest absolute Gasteiger partial charge is 0.158 e. The molecule has 1 saturated heterocycles. The highest BCUT2D eigenvalue weighted by molar-refractivity contribution is 4.84. The van der Waals surface area contributed by atoms with Crippen LogP contribution in [0.5, 0.6) is 0 Å². The van der Waals surface area contributed by atoms with E-state index in [-0.39, 0.29) is 11.7 Å². The summed E-state index contributed by atoms with van der Waals surface area (Å²) in [4.78, 5) is 0. The molecule has 2 nitrogen and oxygen atoms in total. The van der Waals surface area contributed by atoms with E-state index in [1.807, 2.05) is 0 Å². The van der Waals surface area contributed by atoms with E-state index in [9.17, 15) is 0 Å². The van der Waals surface area contributed by atoms with Crippen LogP contribution in [0.2, 0.25) is 0 Å². The van der Waals surface area contributed by atoms with Gasteiger partial charge in [-0.25, -0.2) is 0 Å². The van der Waals surface area contributed by atoms with Crippen LogP contribution in [0.15, 0.2) is 0 Å². The first kappa shape index (κ1) is 14.0. The molecular weight excluding hydrogens is 200 g/mol. The van der Waals surface area contributed by atoms with Crippen LogP contribution in [0, 0.1) is 11.3 Å². The van der Waals surface area contributed by atoms with Gasteiger partial charge in [-0.2, -0.15) is 0 Å². The van der Waals surface area contributed by atoms with Crippen molar-refractivity contribution in [1.29, 1.82) is 0 Å². The van der Waals surface area contributed by atoms with Gasteiger partial charge in [0.15, 0.2) is 6.29 Å². The third-order valence-electron chi connectivity index (χ3n) is 3.36. The second-order valence-electron chi connectivity index (χ2n) is 6.03. The molecule has 0 radical (unpaired) electrons. The van der Waals surface area contributed by atoms with Gasteiger partial charge in [0.25, 0.3) is 0 Å². The van der Waals surface area contributed by atoms with Crippen LogP contribution in [0.25, 0.3) is 0 Å². The van der Waals surface area contributed by atoms with E-state index in [2.05, 4.69) is 34.6 Å². The second-order valence-corrected chi connectivity index (χ2v) is 6.03. The monoisotopic (exact) mass is 228 g/mol. The molecule has 2 heteroatoms. The molecule has 0 unspecified atom stereocenters. The molecule has 1 rings (SSSR count). The molecule has 0 aromatic rings. The lowest BCUT2D eigenvalue weighted by molar-refractivity contribution is -0.271. The van der Waals surface area contributed by atoms with Crippen LogP contribution < -0.4 is 0 Å². The first-order chi connectivity index (χ1) is 7.47. The Morgan fingerprint density at radius 2 is 1.94 bits per heavy atom. The van der Waals surface area contributed by atoms with Gasteiger partial charge in [0.05, 0.1) is 12.7 Å². The van der Waals surface area contributed by atoms with E-state index in [4.69, 9.17) is 9.47 Å². The number of unbranched alkanes of at least 4 members (excludes halogenated alkanes) is 2. The molecule has 96 valence electrons. The zero-order chi connectivity index (χ0) is 12.2. The van der Waals surface area contributed by atoms with Gasteiger partial charge in [-0.15, -0.1) is 0 Å². The summed E-state index contributed by atoms with van der Waals surface area (Å²) in [7, 11) is 0. The summed E-state index contributed by atoms with van der Waals surface area (Å²) in [6.07, 6.45) is 5.16. The van der Waals surface area contributed by atoms with Gasteiger partial charge in [0.1, 0.15) is 0 Å². The van der Waals surface area contributed by atoms with Crippen LogP contribution in [-0.4, -0.2) is 19.0 Å². The van der Waals surface area contributed by atoms with E-state index in [0.717, 1.165) is 13.0 Å². The van der Waals surface area contributed by atoms with Crippen LogP contribution in [-0.2, 0) is 9.47 Å². The van der Waals surface area contributed by atoms with E-state index >= 15 is 0 Å². The Bertz CT molecular complexity index is 199. The van der Waals surface area contributed by atoms with Crippen molar-refractivity contribution in [2.75, 3.05) is 6.61 Å². The summed E-state index contributed by atoms with van der Waals surface area (Å²) in [5.41, 5.74) is 0.148. The lowest BCUT2D eigenvalue weighted by atomic mass is 9.80. The van der Waals surface area contributed by atoms with Gasteiger partial charge in [0.2, 0.25) is 0 Å². The summed E-state index contributed by atoms with van der Waals surface area (Å²) in [5, 5.41) is 0. The van der Waals surface area contributed by atoms with Crippen LogP contribution in [0.1, 0.15) is 60.3 Å². The molecule has 2 atom stereocenters. The van der Waals surface area contributed by atoms with Gasteiger partial charge in [0, 0.05) is 5.41 Å². The number of ether oxygens (including phenoxy) is 2. The fraction of sp³-hybridized carbons (Fsp3) is 1.00. The number of hydrogen-bond donors (Lipinski definition) is 0. The number of rotatable bonds is 5. The van der Waals surface area contributed by atoms with Gasteiger partial charge < -0.3 is 9.47 Å². The highest BCUT2D eigenvalue weighted by Gasteiger charge is 2.39. The fourth-order valence-electron chi connectivity index (χ4n) is 2.55. The highest BCUT2D eigenvalue weighted by Crippen LogP contribution is 2.35. The third kappa shape index (κ3) is 3.74. The fourth-order valence-corrected chi connectivity index (χ4v) is 2.55. The second kappa shape index (κ2) is 6.02. The summed E-state index contributed by atoms with van der Waals surface area (Å²) >= 11 is 0. The average Bonchev–Trinajstić information content (AvgIpc) is 2.20. The molecule has 0 N–H and O–H groups in total. The molecule has 0 saturated carbocycles. The molecule has 0 spiro atoms. The summed E-state index contributed by atoms with van der Waals surface area (Å²) in [5.74, 6) is 0.563. The predicted molar refractivity (Wildman–Crippen MR) is 67.4 cm³/mol. The highest BCUT2D eigenvalue weighted by atomic mass is 16.7. The van der Waals surface area contributed by atoms with Gasteiger partial charge in [-0.05, 0) is 18.8 Å². The Balaban J connectivity index is 2.43. The van der Waals surface area contributed by atoms with Crippen LogP contribution >= 0.6 is 0 Å². The van der Waals surface area contributed by atoms with Crippen molar-refractivity contribution in [3.63, 3.8) is 0 Å². The Morgan fingerprint density at radius 1 is 1.25 bits per heavy atom. The zero-order valence-electron chi connectivity index (χ0n) is 11.6. The van der Waals surface area contributed by atoms with Gasteiger partial charge in [-0.3, -0.25) is 0 Å². The molecule has 1 aliphatic heterocycles. The van der Waals surface area contributed by atoms with Crippen LogP contribution in [0.3, 0.4) is 0 Å². The minimum absolute atomic E-state index is 0.0342. The minimum Gasteiger partial charge on any atom is -0.352 e. The molecule has 1 aliphatic rings. The zero-order valence-corrected chi connectivity index (χ0v) is 11.6. The van der Waals surface area contributed by atoms with Crippen molar-refractivity contribution in [1.82, 2.24) is 0 Å². The topological polar surface area (TPSA) is 18.5 Å². The molecular formula is C14H28O2. The molecule has 1 heterocycles. The summed E-state index contributed by atoms with van der Waals surface area (Å²) < 4.78 is 11.9. The first-order valence-electron chi connectivity index (χ1n) is 6.74. The maximum absolute atomic E-state index is 6.09. The quantitative estimate of drug-likeness (QED) is 0.662. The van der Waals surface area contributed by atoms with Crippen molar-refractivity contribution in [3.05, 3.63) is 0 Å². The average molecular weight is 228 g/mol. The van der Waals surface area contributed by atoms with Crippen molar-refractivity contribution >= 4 is 0 Å². The first-order valence-corrected chi connectivity index (χ1v) is 6.74. The molecule has 0 bridgehead atoms. The Morgan fingerprint density at radius 3 is 2.50 bits per heavy atom. The Labute approximate surface area is 101 Å². The molecule has 0 aromatic carbocycles. The largest absolute Gasteiger partial charge is 0.352 e. The van der Waals surface area contributed by atoms with E-state index in [1.54, 1.807) is 0 Å². The normalized spacial score (nSPS) is 29.6. The maximum Gasteiger partial charge on any atom is 0.158 e. The van der Waals surface area contributed by atoms with Crippen molar-refractivity contribution in [2.24, 2.45) is 11.3 Å². The van der Waals surface area contributed by atoms with Crippen LogP contribution in [0.4, 0.5) is 0 Å². The Kier molecular flexibility index (Phi) is 5.26. The molecule has 0 aromatic heterocycles. The molecule has 0 aliphatic carbocycles. The number of hydrogen-bond acceptors (Lipinski definition) is 2. The van der Waals surface area contributed by atoms with Crippen molar-refractivity contribution in [3.8, 4) is 0 Å².